The van der Waals surface area contributed by atoms with Crippen molar-refractivity contribution in [2.45, 2.75) is 38.6 Å². The third kappa shape index (κ3) is 4.23. The van der Waals surface area contributed by atoms with Crippen molar-refractivity contribution in [1.82, 2.24) is 0 Å². The Kier molecular flexibility index (Phi) is 5.85. The molecular formula is C27H23F3O3. The lowest BCUT2D eigenvalue weighted by molar-refractivity contribution is -0.105. The molecular weight excluding hydrogens is 429 g/mol. The van der Waals surface area contributed by atoms with E-state index in [4.69, 9.17) is 14.2 Å². The Morgan fingerprint density at radius 3 is 2.36 bits per heavy atom. The lowest BCUT2D eigenvalue weighted by atomic mass is 9.85. The molecule has 3 nitrogen and oxygen atoms in total. The zero-order valence-corrected chi connectivity index (χ0v) is 18.1. The summed E-state index contributed by atoms with van der Waals surface area (Å²) in [6.07, 6.45) is 1.76. The maximum Gasteiger partial charge on any atom is 0.199 e. The molecule has 0 N–H and O–H groups in total. The van der Waals surface area contributed by atoms with Crippen molar-refractivity contribution < 1.29 is 27.4 Å². The Labute approximate surface area is 190 Å². The highest BCUT2D eigenvalue weighted by Crippen LogP contribution is 2.48. The molecule has 0 amide bonds. The molecule has 1 saturated heterocycles. The fraction of sp³-hybridized carbons (Fsp3) is 0.259. The molecule has 0 saturated carbocycles. The van der Waals surface area contributed by atoms with Crippen LogP contribution in [0.3, 0.4) is 0 Å². The van der Waals surface area contributed by atoms with Gasteiger partial charge < -0.3 is 14.2 Å². The Morgan fingerprint density at radius 1 is 0.909 bits per heavy atom. The van der Waals surface area contributed by atoms with Crippen LogP contribution in [-0.2, 0) is 4.74 Å². The lowest BCUT2D eigenvalue weighted by Crippen LogP contribution is -2.25. The summed E-state index contributed by atoms with van der Waals surface area (Å²) < 4.78 is 61.4. The summed E-state index contributed by atoms with van der Waals surface area (Å²) in [6, 6.07) is 16.0. The first-order valence-corrected chi connectivity index (χ1v) is 11.0. The maximum atomic E-state index is 14.9. The molecule has 2 heterocycles. The number of hydrogen-bond donors (Lipinski definition) is 0. The average Bonchev–Trinajstić information content (AvgIpc) is 2.81. The van der Waals surface area contributed by atoms with Crippen molar-refractivity contribution in [2.24, 2.45) is 0 Å². The minimum Gasteiger partial charge on any atom is -0.480 e. The fourth-order valence-corrected chi connectivity index (χ4v) is 4.44. The van der Waals surface area contributed by atoms with Crippen LogP contribution in [0.1, 0.15) is 49.0 Å². The molecule has 3 aromatic rings. The molecule has 0 aliphatic carbocycles. The number of benzene rings is 3. The third-order valence-corrected chi connectivity index (χ3v) is 6.05. The zero-order valence-electron chi connectivity index (χ0n) is 18.1. The predicted molar refractivity (Wildman–Crippen MR) is 119 cm³/mol. The van der Waals surface area contributed by atoms with E-state index in [1.807, 2.05) is 30.3 Å². The van der Waals surface area contributed by atoms with Gasteiger partial charge in [-0.3, -0.25) is 0 Å². The Hall–Kier alpha value is -3.25. The number of halogens is 3. The van der Waals surface area contributed by atoms with Crippen LogP contribution in [0.4, 0.5) is 13.2 Å². The molecule has 6 heteroatoms. The smallest absolute Gasteiger partial charge is 0.199 e. The van der Waals surface area contributed by atoms with E-state index < -0.39 is 23.6 Å². The quantitative estimate of drug-likeness (QED) is 0.424. The van der Waals surface area contributed by atoms with E-state index in [9.17, 15) is 13.2 Å². The van der Waals surface area contributed by atoms with Crippen LogP contribution < -0.4 is 9.47 Å². The van der Waals surface area contributed by atoms with Gasteiger partial charge in [0.2, 0.25) is 0 Å². The van der Waals surface area contributed by atoms with Crippen LogP contribution in [0.5, 0.6) is 11.5 Å². The summed E-state index contributed by atoms with van der Waals surface area (Å²) in [7, 11) is 0. The second-order valence-electron chi connectivity index (χ2n) is 8.26. The maximum absolute atomic E-state index is 14.9. The molecule has 2 aliphatic heterocycles. The third-order valence-electron chi connectivity index (χ3n) is 6.05. The van der Waals surface area contributed by atoms with Crippen molar-refractivity contribution in [3.63, 3.8) is 0 Å². The number of rotatable bonds is 4. The van der Waals surface area contributed by atoms with Gasteiger partial charge in [-0.05, 0) is 49.1 Å². The van der Waals surface area contributed by atoms with E-state index in [0.717, 1.165) is 24.8 Å². The first-order chi connectivity index (χ1) is 16.0. The highest BCUT2D eigenvalue weighted by atomic mass is 19.1. The Bertz CT molecular complexity index is 1180. The molecule has 3 aromatic carbocycles. The van der Waals surface area contributed by atoms with E-state index in [0.29, 0.717) is 46.9 Å². The second kappa shape index (κ2) is 8.94. The van der Waals surface area contributed by atoms with Crippen LogP contribution in [-0.4, -0.2) is 12.9 Å². The zero-order chi connectivity index (χ0) is 22.9. The van der Waals surface area contributed by atoms with Gasteiger partial charge in [0.15, 0.2) is 6.29 Å². The van der Waals surface area contributed by atoms with Gasteiger partial charge in [0.25, 0.3) is 0 Å². The predicted octanol–water partition coefficient (Wildman–Crippen LogP) is 7.07. The topological polar surface area (TPSA) is 27.7 Å². The molecule has 0 aromatic heterocycles. The van der Waals surface area contributed by atoms with Crippen molar-refractivity contribution in [1.29, 1.82) is 0 Å². The average molecular weight is 452 g/mol. The molecule has 2 aliphatic rings. The molecule has 2 unspecified atom stereocenters. The van der Waals surface area contributed by atoms with Gasteiger partial charge in [-0.15, -0.1) is 0 Å². The lowest BCUT2D eigenvalue weighted by Gasteiger charge is -2.32. The number of allylic oxidation sites excluding steroid dienone is 1. The van der Waals surface area contributed by atoms with Gasteiger partial charge in [0.1, 0.15) is 35.1 Å². The standard InChI is InChI=1S/C27H23F3O3/c1-16-20-15-19(32-24-9-5-6-12-31-24)10-11-23(20)33-27(17-7-3-2-4-8-17)25(16)26-21(29)13-18(28)14-22(26)30/h2-4,7-8,10-11,13-15,24,27H,5-6,9,12H2,1H3. The second-order valence-corrected chi connectivity index (χ2v) is 8.26. The molecule has 33 heavy (non-hydrogen) atoms. The van der Waals surface area contributed by atoms with E-state index in [1.165, 1.54) is 0 Å². The molecule has 5 rings (SSSR count). The summed E-state index contributed by atoms with van der Waals surface area (Å²) in [5.41, 5.74) is 2.04. The summed E-state index contributed by atoms with van der Waals surface area (Å²) >= 11 is 0. The van der Waals surface area contributed by atoms with Crippen molar-refractivity contribution in [3.05, 3.63) is 94.8 Å². The molecule has 0 radical (unpaired) electrons. The van der Waals surface area contributed by atoms with E-state index >= 15 is 0 Å². The van der Waals surface area contributed by atoms with E-state index in [2.05, 4.69) is 0 Å². The van der Waals surface area contributed by atoms with Crippen LogP contribution in [0.25, 0.3) is 11.1 Å². The van der Waals surface area contributed by atoms with Crippen molar-refractivity contribution >= 4 is 11.1 Å². The highest BCUT2D eigenvalue weighted by Gasteiger charge is 2.33. The van der Waals surface area contributed by atoms with Gasteiger partial charge in [-0.2, -0.15) is 0 Å². The highest BCUT2D eigenvalue weighted by molar-refractivity contribution is 5.96. The van der Waals surface area contributed by atoms with E-state index in [-0.39, 0.29) is 11.9 Å². The molecule has 170 valence electrons. The minimum absolute atomic E-state index is 0.296. The molecule has 0 bridgehead atoms. The largest absolute Gasteiger partial charge is 0.480 e. The summed E-state index contributed by atoms with van der Waals surface area (Å²) in [5, 5.41) is 0. The SMILES string of the molecule is CC1=C(c2c(F)cc(F)cc2F)C(c2ccccc2)Oc2ccc(OC3CCCCO3)cc21. The van der Waals surface area contributed by atoms with Crippen LogP contribution in [0, 0.1) is 17.5 Å². The molecule has 1 fully saturated rings. The van der Waals surface area contributed by atoms with Gasteiger partial charge in [0, 0.05) is 29.7 Å². The van der Waals surface area contributed by atoms with Gasteiger partial charge in [-0.1, -0.05) is 30.3 Å². The normalized spacial score (nSPS) is 20.2. The van der Waals surface area contributed by atoms with Crippen molar-refractivity contribution in [2.75, 3.05) is 6.61 Å². The van der Waals surface area contributed by atoms with Crippen LogP contribution in [0.15, 0.2) is 60.7 Å². The molecule has 2 atom stereocenters. The van der Waals surface area contributed by atoms with Crippen LogP contribution >= 0.6 is 0 Å². The van der Waals surface area contributed by atoms with Gasteiger partial charge >= 0.3 is 0 Å². The van der Waals surface area contributed by atoms with Gasteiger partial charge in [-0.25, -0.2) is 13.2 Å². The Morgan fingerprint density at radius 2 is 1.67 bits per heavy atom. The summed E-state index contributed by atoms with van der Waals surface area (Å²) in [5.74, 6) is -1.76. The molecule has 0 spiro atoms. The van der Waals surface area contributed by atoms with Crippen LogP contribution in [0.2, 0.25) is 0 Å². The Balaban J connectivity index is 1.63. The first kappa shape index (κ1) is 21.6. The number of ether oxygens (including phenoxy) is 3. The number of fused-ring (bicyclic) bond motifs is 1. The summed E-state index contributed by atoms with van der Waals surface area (Å²) in [6.45, 7) is 2.44. The first-order valence-electron chi connectivity index (χ1n) is 11.0. The fourth-order valence-electron chi connectivity index (χ4n) is 4.44. The van der Waals surface area contributed by atoms with Crippen molar-refractivity contribution in [3.8, 4) is 11.5 Å². The minimum atomic E-state index is -0.974. The monoisotopic (exact) mass is 452 g/mol. The van der Waals surface area contributed by atoms with E-state index in [1.54, 1.807) is 25.1 Å². The summed E-state index contributed by atoms with van der Waals surface area (Å²) in [4.78, 5) is 0. The number of hydrogen-bond acceptors (Lipinski definition) is 3. The van der Waals surface area contributed by atoms with Gasteiger partial charge in [0.05, 0.1) is 12.2 Å².